The number of amides is 2. The van der Waals surface area contributed by atoms with Crippen molar-refractivity contribution in [2.24, 2.45) is 0 Å². The van der Waals surface area contributed by atoms with Crippen LogP contribution in [0.1, 0.15) is 25.7 Å². The Kier molecular flexibility index (Phi) is 7.08. The molecule has 2 amide bonds. The summed E-state index contributed by atoms with van der Waals surface area (Å²) in [7, 11) is 0. The third-order valence-electron chi connectivity index (χ3n) is 4.07. The molecule has 1 aliphatic rings. The lowest BCUT2D eigenvalue weighted by Crippen LogP contribution is -2.34. The van der Waals surface area contributed by atoms with Gasteiger partial charge >= 0.3 is 6.03 Å². The van der Waals surface area contributed by atoms with E-state index in [0.717, 1.165) is 38.8 Å². The molecule has 23 heavy (non-hydrogen) atoms. The van der Waals surface area contributed by atoms with Crippen LogP contribution in [0.25, 0.3) is 0 Å². The van der Waals surface area contributed by atoms with E-state index in [1.165, 1.54) is 12.1 Å². The van der Waals surface area contributed by atoms with Gasteiger partial charge in [0.05, 0.1) is 17.3 Å². The van der Waals surface area contributed by atoms with E-state index >= 15 is 0 Å². The lowest BCUT2D eigenvalue weighted by Gasteiger charge is -2.22. The Balaban J connectivity index is 1.62. The summed E-state index contributed by atoms with van der Waals surface area (Å²) < 4.78 is 13.6. The highest BCUT2D eigenvalue weighted by Gasteiger charge is 2.22. The Hall–Kier alpha value is -1.37. The number of hydrogen-bond acceptors (Lipinski definition) is 3. The van der Waals surface area contributed by atoms with E-state index in [0.29, 0.717) is 6.54 Å². The average Bonchev–Trinajstić information content (AvgIpc) is 2.99. The second kappa shape index (κ2) is 9.05. The lowest BCUT2D eigenvalue weighted by atomic mass is 10.2. The molecule has 0 aliphatic carbocycles. The summed E-state index contributed by atoms with van der Waals surface area (Å²) in [6.45, 7) is 2.70. The normalized spacial score (nSPS) is 18.1. The molecule has 1 saturated heterocycles. The highest BCUT2D eigenvalue weighted by atomic mass is 35.5. The molecule has 0 bridgehead atoms. The zero-order chi connectivity index (χ0) is 16.7. The van der Waals surface area contributed by atoms with Gasteiger partial charge in [0.2, 0.25) is 0 Å². The fraction of sp³-hybridized carbons (Fsp3) is 0.562. The Morgan fingerprint density at radius 3 is 3.04 bits per heavy atom. The van der Waals surface area contributed by atoms with Gasteiger partial charge < -0.3 is 15.7 Å². The van der Waals surface area contributed by atoms with Gasteiger partial charge in [-0.15, -0.1) is 0 Å². The summed E-state index contributed by atoms with van der Waals surface area (Å²) in [6, 6.07) is 4.31. The van der Waals surface area contributed by atoms with E-state index in [-0.39, 0.29) is 23.4 Å². The minimum absolute atomic E-state index is 0.0214. The van der Waals surface area contributed by atoms with Gasteiger partial charge in [-0.05, 0) is 50.9 Å². The number of aliphatic hydroxyl groups is 1. The molecule has 1 aliphatic heterocycles. The van der Waals surface area contributed by atoms with Gasteiger partial charge in [-0.1, -0.05) is 17.7 Å². The van der Waals surface area contributed by atoms with Crippen molar-refractivity contribution in [1.29, 1.82) is 0 Å². The summed E-state index contributed by atoms with van der Waals surface area (Å²) >= 11 is 5.66. The number of carbonyl (C=O) groups excluding carboxylic acids is 1. The van der Waals surface area contributed by atoms with Crippen molar-refractivity contribution in [2.45, 2.75) is 31.7 Å². The van der Waals surface area contributed by atoms with Crippen LogP contribution < -0.4 is 10.6 Å². The number of rotatable bonds is 7. The van der Waals surface area contributed by atoms with Crippen LogP contribution in [-0.2, 0) is 0 Å². The Bertz CT molecular complexity index is 530. The second-order valence-corrected chi connectivity index (χ2v) is 6.11. The van der Waals surface area contributed by atoms with Crippen molar-refractivity contribution in [2.75, 3.05) is 31.6 Å². The van der Waals surface area contributed by atoms with E-state index in [1.54, 1.807) is 6.07 Å². The molecular formula is C16H23ClFN3O2. The predicted molar refractivity (Wildman–Crippen MR) is 89.3 cm³/mol. The molecular weight excluding hydrogens is 321 g/mol. The number of nitrogens with zero attached hydrogens (tertiary/aromatic N) is 1. The molecule has 0 radical (unpaired) electrons. The SMILES string of the molecule is O=C(NCCCCN1CCCC1CO)Nc1cccc(Cl)c1F. The van der Waals surface area contributed by atoms with Gasteiger partial charge in [-0.2, -0.15) is 0 Å². The molecule has 1 aromatic rings. The first kappa shape index (κ1) is 18.0. The Labute approximate surface area is 140 Å². The van der Waals surface area contributed by atoms with Crippen molar-refractivity contribution >= 4 is 23.3 Å². The highest BCUT2D eigenvalue weighted by molar-refractivity contribution is 6.31. The smallest absolute Gasteiger partial charge is 0.319 e. The van der Waals surface area contributed by atoms with Crippen LogP contribution in [0.4, 0.5) is 14.9 Å². The van der Waals surface area contributed by atoms with Crippen molar-refractivity contribution in [3.05, 3.63) is 29.0 Å². The number of likely N-dealkylation sites (tertiary alicyclic amines) is 1. The number of urea groups is 1. The van der Waals surface area contributed by atoms with Gasteiger partial charge in [0, 0.05) is 12.6 Å². The quantitative estimate of drug-likeness (QED) is 0.667. The lowest BCUT2D eigenvalue weighted by molar-refractivity contribution is 0.157. The first-order chi connectivity index (χ1) is 11.1. The Morgan fingerprint density at radius 1 is 1.43 bits per heavy atom. The van der Waals surface area contributed by atoms with Gasteiger partial charge in [-0.25, -0.2) is 9.18 Å². The second-order valence-electron chi connectivity index (χ2n) is 5.70. The van der Waals surface area contributed by atoms with Crippen LogP contribution in [0.15, 0.2) is 18.2 Å². The third-order valence-corrected chi connectivity index (χ3v) is 4.36. The van der Waals surface area contributed by atoms with Crippen molar-refractivity contribution < 1.29 is 14.3 Å². The fourth-order valence-electron chi connectivity index (χ4n) is 2.80. The third kappa shape index (κ3) is 5.34. The van der Waals surface area contributed by atoms with Crippen LogP contribution in [0.3, 0.4) is 0 Å². The molecule has 1 aromatic carbocycles. The van der Waals surface area contributed by atoms with Crippen LogP contribution in [0.5, 0.6) is 0 Å². The molecule has 3 N–H and O–H groups in total. The molecule has 1 unspecified atom stereocenters. The van der Waals surface area contributed by atoms with Gasteiger partial charge in [0.1, 0.15) is 0 Å². The molecule has 5 nitrogen and oxygen atoms in total. The molecule has 1 heterocycles. The van der Waals surface area contributed by atoms with Crippen molar-refractivity contribution in [3.8, 4) is 0 Å². The minimum atomic E-state index is -0.631. The number of anilines is 1. The summed E-state index contributed by atoms with van der Waals surface area (Å²) in [5, 5.41) is 14.4. The van der Waals surface area contributed by atoms with E-state index in [1.807, 2.05) is 0 Å². The zero-order valence-corrected chi connectivity index (χ0v) is 13.8. The number of carbonyl (C=O) groups is 1. The maximum Gasteiger partial charge on any atom is 0.319 e. The first-order valence-electron chi connectivity index (χ1n) is 7.95. The van der Waals surface area contributed by atoms with Crippen molar-refractivity contribution in [3.63, 3.8) is 0 Å². The topological polar surface area (TPSA) is 64.6 Å². The van der Waals surface area contributed by atoms with Crippen LogP contribution in [0, 0.1) is 5.82 Å². The van der Waals surface area contributed by atoms with Crippen LogP contribution in [-0.4, -0.2) is 48.3 Å². The molecule has 1 fully saturated rings. The van der Waals surface area contributed by atoms with Crippen LogP contribution in [0.2, 0.25) is 5.02 Å². The number of halogens is 2. The molecule has 0 saturated carbocycles. The van der Waals surface area contributed by atoms with Gasteiger partial charge in [0.15, 0.2) is 5.82 Å². The number of nitrogens with one attached hydrogen (secondary N) is 2. The van der Waals surface area contributed by atoms with E-state index in [4.69, 9.17) is 11.6 Å². The maximum atomic E-state index is 13.6. The molecule has 0 aromatic heterocycles. The zero-order valence-electron chi connectivity index (χ0n) is 13.0. The molecule has 128 valence electrons. The number of benzene rings is 1. The summed E-state index contributed by atoms with van der Waals surface area (Å²) in [4.78, 5) is 14.0. The van der Waals surface area contributed by atoms with E-state index < -0.39 is 11.8 Å². The number of aliphatic hydroxyl groups excluding tert-OH is 1. The number of unbranched alkanes of at least 4 members (excludes halogenated alkanes) is 1. The van der Waals surface area contributed by atoms with Crippen molar-refractivity contribution in [1.82, 2.24) is 10.2 Å². The molecule has 2 rings (SSSR count). The maximum absolute atomic E-state index is 13.6. The standard InChI is InChI=1S/C16H23ClFN3O2/c17-13-6-3-7-14(15(13)18)20-16(23)19-8-1-2-9-21-10-4-5-12(21)11-22/h3,6-7,12,22H,1-2,4-5,8-11H2,(H2,19,20,23). The van der Waals surface area contributed by atoms with Gasteiger partial charge in [0.25, 0.3) is 0 Å². The summed E-state index contributed by atoms with van der Waals surface area (Å²) in [5.74, 6) is -0.631. The van der Waals surface area contributed by atoms with Gasteiger partial charge in [-0.3, -0.25) is 4.90 Å². The largest absolute Gasteiger partial charge is 0.395 e. The molecule has 0 spiro atoms. The first-order valence-corrected chi connectivity index (χ1v) is 8.33. The summed E-state index contributed by atoms with van der Waals surface area (Å²) in [5.41, 5.74) is 0.0675. The molecule has 1 atom stereocenters. The van der Waals surface area contributed by atoms with Crippen LogP contribution >= 0.6 is 11.6 Å². The average molecular weight is 344 g/mol. The predicted octanol–water partition coefficient (Wildman–Crippen LogP) is 2.84. The Morgan fingerprint density at radius 2 is 2.26 bits per heavy atom. The fourth-order valence-corrected chi connectivity index (χ4v) is 2.98. The summed E-state index contributed by atoms with van der Waals surface area (Å²) in [6.07, 6.45) is 3.97. The number of hydrogen-bond donors (Lipinski definition) is 3. The minimum Gasteiger partial charge on any atom is -0.395 e. The molecule has 7 heteroatoms. The highest BCUT2D eigenvalue weighted by Crippen LogP contribution is 2.21. The van der Waals surface area contributed by atoms with E-state index in [9.17, 15) is 14.3 Å². The van der Waals surface area contributed by atoms with E-state index in [2.05, 4.69) is 15.5 Å². The monoisotopic (exact) mass is 343 g/mol.